The molecule has 3 heteroatoms. The summed E-state index contributed by atoms with van der Waals surface area (Å²) in [5.41, 5.74) is 0.402. The second-order valence-electron chi connectivity index (χ2n) is 10.9. The quantitative estimate of drug-likeness (QED) is 0.520. The summed E-state index contributed by atoms with van der Waals surface area (Å²) >= 11 is 0. The Labute approximate surface area is 171 Å². The zero-order valence-electron chi connectivity index (χ0n) is 18.3. The Morgan fingerprint density at radius 3 is 2.75 bits per heavy atom. The lowest BCUT2D eigenvalue weighted by atomic mass is 9.44. The normalized spacial score (nSPS) is 48.3. The Kier molecular flexibility index (Phi) is 5.44. The number of rotatable bonds is 4. The number of esters is 1. The minimum absolute atomic E-state index is 0.0183. The molecule has 4 aliphatic rings. The molecule has 0 aromatic heterocycles. The predicted octanol–water partition coefficient (Wildman–Crippen LogP) is 5.37. The van der Waals surface area contributed by atoms with E-state index in [0.29, 0.717) is 35.5 Å². The number of aliphatic hydroxyl groups excluding tert-OH is 1. The van der Waals surface area contributed by atoms with Gasteiger partial charge in [0.25, 0.3) is 0 Å². The van der Waals surface area contributed by atoms with Crippen LogP contribution in [0, 0.1) is 46.3 Å². The van der Waals surface area contributed by atoms with Crippen LogP contribution in [-0.4, -0.2) is 24.3 Å². The molecule has 28 heavy (non-hydrogen) atoms. The average molecular weight is 389 g/mol. The monoisotopic (exact) mass is 388 g/mol. The number of fused-ring (bicyclic) bond motifs is 5. The van der Waals surface area contributed by atoms with Crippen molar-refractivity contribution in [3.63, 3.8) is 0 Å². The van der Waals surface area contributed by atoms with Gasteiger partial charge in [-0.3, -0.25) is 4.79 Å². The molecule has 0 aliphatic heterocycles. The number of ether oxygens (including phenoxy) is 1. The number of hydrogen-bond donors (Lipinski definition) is 1. The van der Waals surface area contributed by atoms with Gasteiger partial charge in [-0.25, -0.2) is 0 Å². The average Bonchev–Trinajstić information content (AvgIpc) is 3.05. The molecular formula is C25H40O3. The molecule has 3 nitrogen and oxygen atoms in total. The first kappa shape index (κ1) is 20.4. The van der Waals surface area contributed by atoms with E-state index in [1.165, 1.54) is 45.6 Å². The number of methoxy groups -OCH3 is 1. The lowest BCUT2D eigenvalue weighted by molar-refractivity contribution is -0.159. The van der Waals surface area contributed by atoms with E-state index in [1.807, 2.05) is 0 Å². The molecule has 1 N–H and O–H groups in total. The third-order valence-electron chi connectivity index (χ3n) is 10.1. The maximum Gasteiger partial charge on any atom is 0.305 e. The molecule has 0 heterocycles. The van der Waals surface area contributed by atoms with Crippen LogP contribution in [0.4, 0.5) is 0 Å². The molecule has 0 saturated heterocycles. The van der Waals surface area contributed by atoms with Gasteiger partial charge in [0.05, 0.1) is 13.2 Å². The number of carbonyl (C=O) groups is 1. The van der Waals surface area contributed by atoms with Crippen molar-refractivity contribution < 1.29 is 14.6 Å². The van der Waals surface area contributed by atoms with Gasteiger partial charge in [0, 0.05) is 6.42 Å². The SMILES string of the molecule is COC(=O)CC[C@@H](C)[C@@H]1CC[C@@H]2[C@@H]3CC[C@@H]4C=CCC[C@]4(C)[C@H]3C[C@H](O)[C@]21C. The second-order valence-corrected chi connectivity index (χ2v) is 10.9. The zero-order valence-corrected chi connectivity index (χ0v) is 18.3. The van der Waals surface area contributed by atoms with Gasteiger partial charge in [-0.1, -0.05) is 32.9 Å². The standard InChI is InChI=1S/C25H40O3/c1-16(8-13-23(27)28-4)19-11-12-20-18-10-9-17-7-5-6-14-24(17,2)21(18)15-22(26)25(19,20)3/h5,7,16-22,26H,6,8-15H2,1-4H3/t16-,17+,18+,19+,20-,21+,22+,24+,25+/m1/s1. The van der Waals surface area contributed by atoms with Gasteiger partial charge in [-0.15, -0.1) is 0 Å². The van der Waals surface area contributed by atoms with E-state index in [9.17, 15) is 9.90 Å². The summed E-state index contributed by atoms with van der Waals surface area (Å²) in [6.07, 6.45) is 14.7. The van der Waals surface area contributed by atoms with Crippen molar-refractivity contribution in [3.05, 3.63) is 12.2 Å². The van der Waals surface area contributed by atoms with Gasteiger partial charge in [0.2, 0.25) is 0 Å². The van der Waals surface area contributed by atoms with E-state index >= 15 is 0 Å². The van der Waals surface area contributed by atoms with Crippen LogP contribution in [0.3, 0.4) is 0 Å². The Balaban J connectivity index is 1.55. The van der Waals surface area contributed by atoms with Crippen LogP contribution in [0.1, 0.15) is 78.6 Å². The van der Waals surface area contributed by atoms with Crippen LogP contribution in [0.25, 0.3) is 0 Å². The highest BCUT2D eigenvalue weighted by Gasteiger charge is 2.63. The van der Waals surface area contributed by atoms with Gasteiger partial charge in [0.1, 0.15) is 0 Å². The minimum Gasteiger partial charge on any atom is -0.469 e. The zero-order chi connectivity index (χ0) is 20.1. The molecule has 4 rings (SSSR count). The van der Waals surface area contributed by atoms with Gasteiger partial charge >= 0.3 is 5.97 Å². The minimum atomic E-state index is -0.201. The van der Waals surface area contributed by atoms with Crippen molar-refractivity contribution in [3.8, 4) is 0 Å². The number of hydrogen-bond acceptors (Lipinski definition) is 3. The summed E-state index contributed by atoms with van der Waals surface area (Å²) in [7, 11) is 1.47. The highest BCUT2D eigenvalue weighted by molar-refractivity contribution is 5.69. The van der Waals surface area contributed by atoms with Gasteiger partial charge in [-0.05, 0) is 97.7 Å². The number of carbonyl (C=O) groups excluding carboxylic acids is 1. The Bertz CT molecular complexity index is 627. The number of allylic oxidation sites excluding steroid dienone is 2. The van der Waals surface area contributed by atoms with Gasteiger partial charge in [-0.2, -0.15) is 0 Å². The molecular weight excluding hydrogens is 348 g/mol. The molecule has 0 amide bonds. The summed E-state index contributed by atoms with van der Waals surface area (Å²) in [4.78, 5) is 11.6. The fourth-order valence-electron chi connectivity index (χ4n) is 8.40. The molecule has 0 unspecified atom stereocenters. The van der Waals surface area contributed by atoms with E-state index < -0.39 is 0 Å². The van der Waals surface area contributed by atoms with E-state index in [1.54, 1.807) is 0 Å². The topological polar surface area (TPSA) is 46.5 Å². The molecule has 3 saturated carbocycles. The Morgan fingerprint density at radius 1 is 1.21 bits per heavy atom. The first-order chi connectivity index (χ1) is 13.3. The van der Waals surface area contributed by atoms with Crippen LogP contribution < -0.4 is 0 Å². The first-order valence-electron chi connectivity index (χ1n) is 11.7. The van der Waals surface area contributed by atoms with Crippen LogP contribution in [0.15, 0.2) is 12.2 Å². The first-order valence-corrected chi connectivity index (χ1v) is 11.7. The highest BCUT2D eigenvalue weighted by atomic mass is 16.5. The van der Waals surface area contributed by atoms with Crippen molar-refractivity contribution in [2.75, 3.05) is 7.11 Å². The van der Waals surface area contributed by atoms with Crippen molar-refractivity contribution in [2.45, 2.75) is 84.7 Å². The van der Waals surface area contributed by atoms with Gasteiger partial charge < -0.3 is 9.84 Å². The summed E-state index contributed by atoms with van der Waals surface area (Å²) in [6.45, 7) is 7.21. The van der Waals surface area contributed by atoms with Crippen LogP contribution >= 0.6 is 0 Å². The number of aliphatic hydroxyl groups is 1. The lowest BCUT2D eigenvalue weighted by Crippen LogP contribution is -2.57. The third-order valence-corrected chi connectivity index (χ3v) is 10.1. The fraction of sp³-hybridized carbons (Fsp3) is 0.880. The molecule has 4 aliphatic carbocycles. The lowest BCUT2D eigenvalue weighted by Gasteiger charge is -2.61. The third kappa shape index (κ3) is 2.99. The second kappa shape index (κ2) is 7.45. The highest BCUT2D eigenvalue weighted by Crippen LogP contribution is 2.67. The Hall–Kier alpha value is -0.830. The van der Waals surface area contributed by atoms with E-state index in [4.69, 9.17) is 4.74 Å². The molecule has 0 spiro atoms. The molecule has 0 bridgehead atoms. The van der Waals surface area contributed by atoms with Crippen molar-refractivity contribution in [1.82, 2.24) is 0 Å². The molecule has 3 fully saturated rings. The van der Waals surface area contributed by atoms with Crippen LogP contribution in [0.2, 0.25) is 0 Å². The predicted molar refractivity (Wildman–Crippen MR) is 112 cm³/mol. The Morgan fingerprint density at radius 2 is 2.00 bits per heavy atom. The van der Waals surface area contributed by atoms with E-state index in [2.05, 4.69) is 32.9 Å². The maximum absolute atomic E-state index is 11.6. The molecule has 158 valence electrons. The summed E-state index contributed by atoms with van der Waals surface area (Å²) in [5.74, 6) is 3.70. The molecule has 0 radical (unpaired) electrons. The summed E-state index contributed by atoms with van der Waals surface area (Å²) < 4.78 is 4.85. The van der Waals surface area contributed by atoms with Crippen LogP contribution in [0.5, 0.6) is 0 Å². The van der Waals surface area contributed by atoms with E-state index in [0.717, 1.165) is 24.7 Å². The summed E-state index contributed by atoms with van der Waals surface area (Å²) in [5, 5.41) is 11.5. The van der Waals surface area contributed by atoms with Gasteiger partial charge in [0.15, 0.2) is 0 Å². The van der Waals surface area contributed by atoms with Crippen LogP contribution in [-0.2, 0) is 9.53 Å². The molecule has 0 aromatic rings. The molecule has 0 aromatic carbocycles. The maximum atomic E-state index is 11.6. The molecule has 9 atom stereocenters. The summed E-state index contributed by atoms with van der Waals surface area (Å²) in [6, 6.07) is 0. The smallest absolute Gasteiger partial charge is 0.305 e. The fourth-order valence-corrected chi connectivity index (χ4v) is 8.40. The largest absolute Gasteiger partial charge is 0.469 e. The van der Waals surface area contributed by atoms with Crippen molar-refractivity contribution >= 4 is 5.97 Å². The van der Waals surface area contributed by atoms with Crippen molar-refractivity contribution in [1.29, 1.82) is 0 Å². The van der Waals surface area contributed by atoms with Crippen molar-refractivity contribution in [2.24, 2.45) is 46.3 Å². The van der Waals surface area contributed by atoms with E-state index in [-0.39, 0.29) is 17.5 Å².